The molecule has 0 unspecified atom stereocenters. The molecule has 0 atom stereocenters. The molecule has 3 rings (SSSR count). The van der Waals surface area contributed by atoms with Gasteiger partial charge in [-0.3, -0.25) is 0 Å². The van der Waals surface area contributed by atoms with Gasteiger partial charge in [-0.1, -0.05) is 166 Å². The minimum atomic E-state index is -0.912. The van der Waals surface area contributed by atoms with Crippen LogP contribution in [0.1, 0.15) is 162 Å². The molecular formula is C60H84O6. The van der Waals surface area contributed by atoms with Crippen molar-refractivity contribution < 1.29 is 29.7 Å². The standard InChI is InChI=1S/3C20H28O2/c3*1-15(8-6-9-16(2)14-19(21)22)11-12-18-17(3)10-7-13-20(18,4)5/h3*6,8-9,11-12,14H,7,10,13H2,1-5H3,(H,21,22)/b9-6+,12-11+,15-8+,16-14+;9-6+,12-11+,15-8+,16-14-;9-6+,12-11+,15-8-,16-14+. The molecule has 360 valence electrons. The lowest BCUT2D eigenvalue weighted by atomic mass is 9.72. The van der Waals surface area contributed by atoms with Gasteiger partial charge in [0.1, 0.15) is 0 Å². The van der Waals surface area contributed by atoms with Crippen molar-refractivity contribution in [3.05, 3.63) is 176 Å². The maximum absolute atomic E-state index is 10.5. The van der Waals surface area contributed by atoms with Gasteiger partial charge < -0.3 is 15.3 Å². The van der Waals surface area contributed by atoms with Gasteiger partial charge in [0, 0.05) is 18.2 Å². The van der Waals surface area contributed by atoms with E-state index in [9.17, 15) is 14.4 Å². The fraction of sp³-hybridized carbons (Fsp3) is 0.450. The van der Waals surface area contributed by atoms with Crippen molar-refractivity contribution in [3.8, 4) is 0 Å². The summed E-state index contributed by atoms with van der Waals surface area (Å²) >= 11 is 0. The Kier molecular flexibility index (Phi) is 25.3. The summed E-state index contributed by atoms with van der Waals surface area (Å²) in [5, 5.41) is 26.0. The van der Waals surface area contributed by atoms with Crippen molar-refractivity contribution in [2.24, 2.45) is 16.2 Å². The summed E-state index contributed by atoms with van der Waals surface area (Å²) in [7, 11) is 0. The van der Waals surface area contributed by atoms with E-state index in [0.29, 0.717) is 0 Å². The van der Waals surface area contributed by atoms with Gasteiger partial charge in [-0.15, -0.1) is 0 Å². The molecular weight excluding hydrogens is 817 g/mol. The van der Waals surface area contributed by atoms with Crippen LogP contribution >= 0.6 is 0 Å². The molecule has 6 nitrogen and oxygen atoms in total. The number of rotatable bonds is 15. The second-order valence-electron chi connectivity index (χ2n) is 20.3. The van der Waals surface area contributed by atoms with Crippen LogP contribution in [0.25, 0.3) is 0 Å². The van der Waals surface area contributed by atoms with E-state index in [1.807, 2.05) is 36.5 Å². The summed E-state index contributed by atoms with van der Waals surface area (Å²) in [6, 6.07) is 0. The zero-order chi connectivity index (χ0) is 50.3. The van der Waals surface area contributed by atoms with E-state index >= 15 is 0 Å². The molecule has 0 radical (unpaired) electrons. The molecule has 0 aromatic rings. The van der Waals surface area contributed by atoms with E-state index in [0.717, 1.165) is 33.4 Å². The van der Waals surface area contributed by atoms with Gasteiger partial charge in [-0.25, -0.2) is 14.4 Å². The molecule has 0 saturated heterocycles. The quantitative estimate of drug-likeness (QED) is 0.111. The maximum atomic E-state index is 10.5. The summed E-state index contributed by atoms with van der Waals surface area (Å²) in [4.78, 5) is 31.6. The van der Waals surface area contributed by atoms with E-state index in [-0.39, 0.29) is 16.2 Å². The predicted molar refractivity (Wildman–Crippen MR) is 281 cm³/mol. The molecule has 0 saturated carbocycles. The zero-order valence-corrected chi connectivity index (χ0v) is 43.3. The summed E-state index contributed by atoms with van der Waals surface area (Å²) in [6.07, 6.45) is 45.0. The number of carboxylic acids is 3. The topological polar surface area (TPSA) is 112 Å². The predicted octanol–water partition coefficient (Wildman–Crippen LogP) is 16.8. The first-order valence-electron chi connectivity index (χ1n) is 23.6. The number of allylic oxidation sites excluding steroid dienone is 27. The van der Waals surface area contributed by atoms with E-state index < -0.39 is 17.9 Å². The van der Waals surface area contributed by atoms with Crippen LogP contribution < -0.4 is 0 Å². The van der Waals surface area contributed by atoms with Crippen LogP contribution in [-0.4, -0.2) is 33.2 Å². The van der Waals surface area contributed by atoms with Crippen LogP contribution in [0.15, 0.2) is 176 Å². The fourth-order valence-corrected chi connectivity index (χ4v) is 8.63. The molecule has 3 aliphatic carbocycles. The van der Waals surface area contributed by atoms with Crippen molar-refractivity contribution in [1.29, 1.82) is 0 Å². The summed E-state index contributed by atoms with van der Waals surface area (Å²) in [6.45, 7) is 32.1. The van der Waals surface area contributed by atoms with E-state index in [1.54, 1.807) is 39.0 Å². The molecule has 3 N–H and O–H groups in total. The molecule has 66 heavy (non-hydrogen) atoms. The van der Waals surface area contributed by atoms with E-state index in [1.165, 1.54) is 109 Å². The van der Waals surface area contributed by atoms with Crippen LogP contribution in [0.3, 0.4) is 0 Å². The van der Waals surface area contributed by atoms with Crippen LogP contribution in [0, 0.1) is 16.2 Å². The number of carboxylic acid groups (broad SMARTS) is 3. The van der Waals surface area contributed by atoms with Crippen molar-refractivity contribution in [2.75, 3.05) is 0 Å². The van der Waals surface area contributed by atoms with Gasteiger partial charge in [-0.2, -0.15) is 0 Å². The van der Waals surface area contributed by atoms with Crippen LogP contribution in [0.4, 0.5) is 0 Å². The first kappa shape index (κ1) is 58.5. The molecule has 0 aromatic carbocycles. The Hall–Kier alpha value is -5.49. The molecule has 3 aliphatic rings. The number of carbonyl (C=O) groups is 3. The Bertz CT molecular complexity index is 1950. The molecule has 0 spiro atoms. The van der Waals surface area contributed by atoms with Gasteiger partial charge in [0.2, 0.25) is 0 Å². The molecule has 0 aliphatic heterocycles. The van der Waals surface area contributed by atoms with Crippen molar-refractivity contribution in [2.45, 2.75) is 162 Å². The monoisotopic (exact) mass is 901 g/mol. The first-order valence-corrected chi connectivity index (χ1v) is 23.6. The lowest BCUT2D eigenvalue weighted by Gasteiger charge is -2.33. The van der Waals surface area contributed by atoms with Gasteiger partial charge >= 0.3 is 17.9 Å². The summed E-state index contributed by atoms with van der Waals surface area (Å²) < 4.78 is 0. The Balaban J connectivity index is 0.000000495. The zero-order valence-electron chi connectivity index (χ0n) is 43.3. The van der Waals surface area contributed by atoms with Gasteiger partial charge in [-0.05, 0) is 170 Å². The summed E-state index contributed by atoms with van der Waals surface area (Å²) in [5.74, 6) is -2.74. The number of aliphatic carboxylic acids is 3. The van der Waals surface area contributed by atoms with Crippen molar-refractivity contribution in [3.63, 3.8) is 0 Å². The Labute approximate surface area is 400 Å². The van der Waals surface area contributed by atoms with E-state index in [2.05, 4.69) is 120 Å². The van der Waals surface area contributed by atoms with Crippen molar-refractivity contribution >= 4 is 17.9 Å². The largest absolute Gasteiger partial charge is 0.478 e. The smallest absolute Gasteiger partial charge is 0.328 e. The SMILES string of the molecule is CC1=C(/C=C/C(C)=C/C=C/C(C)=C/C(=O)O)C(C)(C)CCC1.CC1=C(/C=C/C(C)=C/C=C/C(C)=C\C(=O)O)C(C)(C)CCC1.CC1=C(/C=C/C(C)=C\C=C\C(C)=C\C(=O)O)C(C)(C)CCC1. The average Bonchev–Trinajstić information content (AvgIpc) is 3.16. The third-order valence-electron chi connectivity index (χ3n) is 12.4. The first-order chi connectivity index (χ1) is 30.7. The Morgan fingerprint density at radius 3 is 0.818 bits per heavy atom. The Morgan fingerprint density at radius 2 is 0.621 bits per heavy atom. The number of hydrogen-bond acceptors (Lipinski definition) is 3. The van der Waals surface area contributed by atoms with Gasteiger partial charge in [0.05, 0.1) is 0 Å². The van der Waals surface area contributed by atoms with E-state index in [4.69, 9.17) is 15.3 Å². The molecule has 0 heterocycles. The second-order valence-corrected chi connectivity index (χ2v) is 20.3. The molecule has 6 heteroatoms. The molecule has 0 aromatic heterocycles. The second kappa shape index (κ2) is 28.5. The Morgan fingerprint density at radius 1 is 0.394 bits per heavy atom. The maximum Gasteiger partial charge on any atom is 0.328 e. The highest BCUT2D eigenvalue weighted by Gasteiger charge is 2.28. The molecule has 0 fully saturated rings. The van der Waals surface area contributed by atoms with Gasteiger partial charge in [0.25, 0.3) is 0 Å². The fourth-order valence-electron chi connectivity index (χ4n) is 8.63. The van der Waals surface area contributed by atoms with Gasteiger partial charge in [0.15, 0.2) is 0 Å². The lowest BCUT2D eigenvalue weighted by Crippen LogP contribution is -2.19. The average molecular weight is 901 g/mol. The molecule has 0 amide bonds. The minimum absolute atomic E-state index is 0.260. The third kappa shape index (κ3) is 23.6. The molecule has 0 bridgehead atoms. The lowest BCUT2D eigenvalue weighted by molar-refractivity contribution is -0.132. The highest BCUT2D eigenvalue weighted by Crippen LogP contribution is 2.43. The summed E-state index contributed by atoms with van der Waals surface area (Å²) in [5.41, 5.74) is 15.3. The van der Waals surface area contributed by atoms with Crippen LogP contribution in [0.2, 0.25) is 0 Å². The van der Waals surface area contributed by atoms with Crippen molar-refractivity contribution in [1.82, 2.24) is 0 Å². The minimum Gasteiger partial charge on any atom is -0.478 e. The number of hydrogen-bond donors (Lipinski definition) is 3. The highest BCUT2D eigenvalue weighted by molar-refractivity contribution is 5.82. The highest BCUT2D eigenvalue weighted by atomic mass is 16.4. The van der Waals surface area contributed by atoms with Crippen LogP contribution in [-0.2, 0) is 14.4 Å². The van der Waals surface area contributed by atoms with Crippen LogP contribution in [0.5, 0.6) is 0 Å². The normalized spacial score (nSPS) is 20.2. The third-order valence-corrected chi connectivity index (χ3v) is 12.4.